The van der Waals surface area contributed by atoms with Crippen molar-refractivity contribution in [3.63, 3.8) is 0 Å². The fourth-order valence-corrected chi connectivity index (χ4v) is 4.65. The molecule has 0 heterocycles. The van der Waals surface area contributed by atoms with Gasteiger partial charge in [-0.25, -0.2) is 0 Å². The number of methoxy groups -OCH3 is 2. The quantitative estimate of drug-likeness (QED) is 0.843. The van der Waals surface area contributed by atoms with E-state index in [1.165, 1.54) is 0 Å². The van der Waals surface area contributed by atoms with Crippen LogP contribution in [0.3, 0.4) is 0 Å². The second kappa shape index (κ2) is 5.46. The van der Waals surface area contributed by atoms with Gasteiger partial charge in [0.25, 0.3) is 0 Å². The molecule has 1 aromatic carbocycles. The number of ketones is 1. The van der Waals surface area contributed by atoms with Gasteiger partial charge in [-0.05, 0) is 24.1 Å². The van der Waals surface area contributed by atoms with Crippen molar-refractivity contribution in [2.75, 3.05) is 20.8 Å². The highest BCUT2D eigenvalue weighted by Gasteiger charge is 2.49. The molecule has 0 spiro atoms. The summed E-state index contributed by atoms with van der Waals surface area (Å²) in [5, 5.41) is 11.0. The Hall–Kier alpha value is -1.33. The molecule has 1 N–H and O–H groups in total. The zero-order valence-corrected chi connectivity index (χ0v) is 14.4. The molecule has 0 unspecified atom stereocenters. The zero-order valence-electron chi connectivity index (χ0n) is 13.4. The molecule has 5 heteroatoms. The van der Waals surface area contributed by atoms with Crippen molar-refractivity contribution < 1.29 is 19.4 Å². The Balaban J connectivity index is 2.71. The van der Waals surface area contributed by atoms with Gasteiger partial charge in [-0.1, -0.05) is 24.8 Å². The normalized spacial score (nSPS) is 21.9. The van der Waals surface area contributed by atoms with E-state index in [4.69, 9.17) is 9.47 Å². The Morgan fingerprint density at radius 3 is 2.10 bits per heavy atom. The van der Waals surface area contributed by atoms with E-state index in [2.05, 4.69) is 19.6 Å². The second-order valence-electron chi connectivity index (χ2n) is 6.67. The van der Waals surface area contributed by atoms with Gasteiger partial charge in [0.15, 0.2) is 11.5 Å². The molecule has 2 rings (SSSR count). The van der Waals surface area contributed by atoms with Crippen LogP contribution in [0.15, 0.2) is 12.1 Å². The third-order valence-electron chi connectivity index (χ3n) is 4.43. The largest absolute Gasteiger partial charge is 0.493 e. The summed E-state index contributed by atoms with van der Waals surface area (Å²) in [5.74, 6) is 1.41. The van der Waals surface area contributed by atoms with Crippen LogP contribution < -0.4 is 14.7 Å². The summed E-state index contributed by atoms with van der Waals surface area (Å²) in [5.41, 5.74) is 0.188. The third kappa shape index (κ3) is 2.49. The van der Waals surface area contributed by atoms with E-state index in [0.29, 0.717) is 24.3 Å². The average molecular weight is 308 g/mol. The first-order chi connectivity index (χ1) is 9.80. The number of hydrogen-bond donors (Lipinski definition) is 1. The lowest BCUT2D eigenvalue weighted by Gasteiger charge is -2.42. The molecule has 0 aliphatic heterocycles. The van der Waals surface area contributed by atoms with Crippen molar-refractivity contribution in [3.05, 3.63) is 17.7 Å². The summed E-state index contributed by atoms with van der Waals surface area (Å²) in [7, 11) is 1.50. The molecule has 1 aliphatic rings. The van der Waals surface area contributed by atoms with Crippen LogP contribution in [0.5, 0.6) is 11.5 Å². The molecule has 0 saturated heterocycles. The van der Waals surface area contributed by atoms with Crippen molar-refractivity contribution in [3.8, 4) is 11.5 Å². The van der Waals surface area contributed by atoms with E-state index in [1.54, 1.807) is 14.2 Å². The summed E-state index contributed by atoms with van der Waals surface area (Å²) < 4.78 is 10.8. The Bertz CT molecular complexity index is 558. The van der Waals surface area contributed by atoms with E-state index in [9.17, 15) is 9.90 Å². The van der Waals surface area contributed by atoms with Crippen LogP contribution in [0.25, 0.3) is 0 Å². The SMILES string of the molecule is COc1cc([C@]2(CO)CCC2=O)c([Si](C)(C)C)cc1OC. The number of aliphatic hydroxyl groups excluding tert-OH is 1. The Kier molecular flexibility index (Phi) is 4.17. The number of ether oxygens (including phenoxy) is 2. The van der Waals surface area contributed by atoms with Crippen LogP contribution >= 0.6 is 0 Å². The van der Waals surface area contributed by atoms with E-state index in [0.717, 1.165) is 10.8 Å². The molecule has 0 radical (unpaired) electrons. The second-order valence-corrected chi connectivity index (χ2v) is 11.7. The van der Waals surface area contributed by atoms with E-state index >= 15 is 0 Å². The molecule has 1 aliphatic carbocycles. The predicted octanol–water partition coefficient (Wildman–Crippen LogP) is 1.84. The average Bonchev–Trinajstić information content (AvgIpc) is 2.44. The Morgan fingerprint density at radius 2 is 1.76 bits per heavy atom. The van der Waals surface area contributed by atoms with E-state index in [-0.39, 0.29) is 12.4 Å². The number of rotatable bonds is 5. The summed E-state index contributed by atoms with van der Waals surface area (Å²) in [6.07, 6.45) is 1.25. The van der Waals surface area contributed by atoms with E-state index in [1.807, 2.05) is 12.1 Å². The lowest BCUT2D eigenvalue weighted by molar-refractivity contribution is -0.134. The zero-order chi connectivity index (χ0) is 15.8. The monoisotopic (exact) mass is 308 g/mol. The van der Waals surface area contributed by atoms with Gasteiger partial charge in [0, 0.05) is 6.42 Å². The highest BCUT2D eigenvalue weighted by molar-refractivity contribution is 6.89. The van der Waals surface area contributed by atoms with Crippen LogP contribution in [-0.4, -0.2) is 39.8 Å². The molecule has 1 fully saturated rings. The summed E-state index contributed by atoms with van der Waals surface area (Å²) >= 11 is 0. The number of hydrogen-bond acceptors (Lipinski definition) is 4. The van der Waals surface area contributed by atoms with Gasteiger partial charge in [-0.3, -0.25) is 4.79 Å². The third-order valence-corrected chi connectivity index (χ3v) is 6.46. The molecular formula is C16H24O4Si. The van der Waals surface area contributed by atoms with Crippen molar-refractivity contribution in [2.45, 2.75) is 37.9 Å². The summed E-state index contributed by atoms with van der Waals surface area (Å²) in [6.45, 7) is 6.54. The number of carbonyl (C=O) groups excluding carboxylic acids is 1. The minimum absolute atomic E-state index is 0.122. The van der Waals surface area contributed by atoms with Gasteiger partial charge in [0.2, 0.25) is 0 Å². The minimum Gasteiger partial charge on any atom is -0.493 e. The minimum atomic E-state index is -1.70. The molecular weight excluding hydrogens is 284 g/mol. The van der Waals surface area contributed by atoms with Crippen molar-refractivity contribution in [1.29, 1.82) is 0 Å². The highest BCUT2D eigenvalue weighted by atomic mass is 28.3. The standard InChI is InChI=1S/C16H24O4Si/c1-19-12-8-11(16(10-17)7-6-15(16)18)14(21(3,4)5)9-13(12)20-2/h8-9,17H,6-7,10H2,1-5H3/t16-/m1/s1. The Morgan fingerprint density at radius 1 is 1.19 bits per heavy atom. The summed E-state index contributed by atoms with van der Waals surface area (Å²) in [6, 6.07) is 3.88. The molecule has 4 nitrogen and oxygen atoms in total. The fourth-order valence-electron chi connectivity index (χ4n) is 2.96. The van der Waals surface area contributed by atoms with Crippen LogP contribution in [0, 0.1) is 0 Å². The maximum atomic E-state index is 12.2. The number of aliphatic hydroxyl groups is 1. The number of benzene rings is 1. The predicted molar refractivity (Wildman–Crippen MR) is 85.5 cm³/mol. The molecule has 0 aromatic heterocycles. The number of Topliss-reactive ketones (excluding diaryl/α,β-unsaturated/α-hetero) is 1. The molecule has 0 amide bonds. The van der Waals surface area contributed by atoms with Crippen molar-refractivity contribution >= 4 is 19.0 Å². The molecule has 116 valence electrons. The topological polar surface area (TPSA) is 55.8 Å². The van der Waals surface area contributed by atoms with Crippen LogP contribution in [-0.2, 0) is 10.2 Å². The van der Waals surface area contributed by atoms with Crippen molar-refractivity contribution in [2.24, 2.45) is 0 Å². The van der Waals surface area contributed by atoms with Crippen LogP contribution in [0.4, 0.5) is 0 Å². The smallest absolute Gasteiger partial charge is 0.161 e. The first kappa shape index (κ1) is 16.0. The van der Waals surface area contributed by atoms with Gasteiger partial charge in [-0.2, -0.15) is 0 Å². The van der Waals surface area contributed by atoms with E-state index < -0.39 is 13.5 Å². The van der Waals surface area contributed by atoms with Gasteiger partial charge in [0.1, 0.15) is 5.78 Å². The lowest BCUT2D eigenvalue weighted by Crippen LogP contribution is -2.54. The van der Waals surface area contributed by atoms with Crippen LogP contribution in [0.1, 0.15) is 18.4 Å². The maximum absolute atomic E-state index is 12.2. The molecule has 0 bridgehead atoms. The summed E-state index contributed by atoms with van der Waals surface area (Å²) in [4.78, 5) is 12.2. The van der Waals surface area contributed by atoms with Crippen LogP contribution in [0.2, 0.25) is 19.6 Å². The molecule has 1 saturated carbocycles. The Labute approximate surface area is 127 Å². The molecule has 1 atom stereocenters. The van der Waals surface area contributed by atoms with Gasteiger partial charge < -0.3 is 14.6 Å². The van der Waals surface area contributed by atoms with Gasteiger partial charge >= 0.3 is 0 Å². The lowest BCUT2D eigenvalue weighted by atomic mass is 9.64. The fraction of sp³-hybridized carbons (Fsp3) is 0.562. The first-order valence-electron chi connectivity index (χ1n) is 7.21. The van der Waals surface area contributed by atoms with Crippen molar-refractivity contribution in [1.82, 2.24) is 0 Å². The van der Waals surface area contributed by atoms with Gasteiger partial charge in [-0.15, -0.1) is 0 Å². The molecule has 1 aromatic rings. The highest BCUT2D eigenvalue weighted by Crippen LogP contribution is 2.42. The first-order valence-corrected chi connectivity index (χ1v) is 10.7. The number of carbonyl (C=O) groups is 1. The molecule has 21 heavy (non-hydrogen) atoms. The maximum Gasteiger partial charge on any atom is 0.161 e. The van der Waals surface area contributed by atoms with Gasteiger partial charge in [0.05, 0.1) is 34.3 Å².